The Labute approximate surface area is 663 Å². The third-order valence-corrected chi connectivity index (χ3v) is 33.3. The van der Waals surface area contributed by atoms with E-state index in [0.717, 1.165) is 109 Å². The quantitative estimate of drug-likeness (QED) is 0.0487. The fourth-order valence-electron chi connectivity index (χ4n) is 18.8. The Morgan fingerprint density at radius 3 is 0.877 bits per heavy atom. The predicted octanol–water partition coefficient (Wildman–Crippen LogP) is 23.9. The third kappa shape index (κ3) is 11.1. The van der Waals surface area contributed by atoms with Crippen LogP contribution in [0.25, 0.3) is 98.4 Å². The van der Waals surface area contributed by atoms with E-state index in [1.165, 1.54) is 31.1 Å². The SMILES string of the molecule is CC(C)c1cc(N(c2c(F)cccc2-c2cccc([Si](c3ccccc3)(c3ccccc3)c3ccccc3)c2)c2cccc3c2oc2ccccc23)c2ccc3c(C(C)C)cc(N(c4c(F)cccc4-c4cccc([Si](c5ccccc5)(c5ccccc5)c5ccccc5)c4)c4cccc5c4oc4ccccc45)c4ccc1c2c34. The van der Waals surface area contributed by atoms with Gasteiger partial charge in [0.15, 0.2) is 27.3 Å². The van der Waals surface area contributed by atoms with E-state index < -0.39 is 27.8 Å². The van der Waals surface area contributed by atoms with Crippen LogP contribution in [0.1, 0.15) is 50.7 Å². The van der Waals surface area contributed by atoms with Gasteiger partial charge < -0.3 is 18.6 Å². The summed E-state index contributed by atoms with van der Waals surface area (Å²) in [6, 6.07) is 137. The first-order chi connectivity index (χ1) is 56.1. The van der Waals surface area contributed by atoms with E-state index in [2.05, 4.69) is 365 Å². The molecule has 0 spiro atoms. The molecular formula is C106H78F2N2O2Si2. The molecular weight excluding hydrogens is 1430 g/mol. The molecule has 0 aliphatic rings. The molecule has 0 bridgehead atoms. The number of furan rings is 2. The van der Waals surface area contributed by atoms with E-state index in [-0.39, 0.29) is 11.8 Å². The largest absolute Gasteiger partial charge is 0.454 e. The van der Waals surface area contributed by atoms with Gasteiger partial charge in [0, 0.05) is 43.4 Å². The second-order valence-corrected chi connectivity index (χ2v) is 38.3. The van der Waals surface area contributed by atoms with Gasteiger partial charge in [0.05, 0.1) is 34.1 Å². The summed E-state index contributed by atoms with van der Waals surface area (Å²) in [5, 5.41) is 19.4. The maximum absolute atomic E-state index is 19.1. The molecule has 2 aromatic heterocycles. The molecule has 0 aliphatic heterocycles. The van der Waals surface area contributed by atoms with Crippen LogP contribution in [0.4, 0.5) is 42.9 Å². The van der Waals surface area contributed by atoms with Gasteiger partial charge in [0.2, 0.25) is 0 Å². The molecule has 0 aliphatic carbocycles. The van der Waals surface area contributed by atoms with Gasteiger partial charge in [-0.05, 0) is 146 Å². The first-order valence-electron chi connectivity index (χ1n) is 39.4. The standard InChI is InChI=1S/C106H78F2N2O2Si2/c1-69(2)91-67-97(109(95-57-31-53-87-83-49-23-25-59-99(83)111-105(87)95)103-81(51-29-55-93(103)107)71-33-27-47-79(65-71)113(73-35-11-5-12-36-73,74-37-13-6-14-38-74)75-39-15-7-16-40-75)89-64-62-86-92(70(3)4)68-98(90-63-61-85(91)101(89)102(86)90)110(96-58-32-54-88-84-50-24-26-60-100(84)112-106(88)96)104-82(52-30-56-94(104)108)72-34-28-48-80(66-72)114(76-41-17-8-18-42-76,77-43-19-9-20-44-77)78-45-21-10-22-46-78/h5-70H,1-4H3. The Hall–Kier alpha value is -13.5. The molecule has 20 rings (SSSR count). The Morgan fingerprint density at radius 2 is 0.535 bits per heavy atom. The second-order valence-electron chi connectivity index (χ2n) is 30.7. The van der Waals surface area contributed by atoms with Crippen LogP contribution >= 0.6 is 0 Å². The molecule has 0 N–H and O–H groups in total. The van der Waals surface area contributed by atoms with Crippen molar-refractivity contribution in [2.24, 2.45) is 0 Å². The fraction of sp³-hybridized carbons (Fsp3) is 0.0566. The van der Waals surface area contributed by atoms with Gasteiger partial charge in [-0.25, -0.2) is 8.78 Å². The van der Waals surface area contributed by atoms with Crippen LogP contribution in [0.5, 0.6) is 0 Å². The Kier molecular flexibility index (Phi) is 17.3. The van der Waals surface area contributed by atoms with E-state index in [4.69, 9.17) is 8.83 Å². The fourth-order valence-corrected chi connectivity index (χ4v) is 28.4. The van der Waals surface area contributed by atoms with Crippen molar-refractivity contribution in [2.75, 3.05) is 9.80 Å². The van der Waals surface area contributed by atoms with Gasteiger partial charge >= 0.3 is 0 Å². The van der Waals surface area contributed by atoms with Crippen LogP contribution in [-0.4, -0.2) is 16.1 Å². The van der Waals surface area contributed by atoms with Gasteiger partial charge in [0.25, 0.3) is 0 Å². The minimum absolute atomic E-state index is 0.0311. The number of benzene rings is 18. The topological polar surface area (TPSA) is 32.8 Å². The second kappa shape index (κ2) is 28.4. The van der Waals surface area contributed by atoms with Crippen LogP contribution in [0.3, 0.4) is 0 Å². The van der Waals surface area contributed by atoms with Crippen LogP contribution in [0, 0.1) is 11.6 Å². The number of hydrogen-bond donors (Lipinski definition) is 0. The Morgan fingerprint density at radius 1 is 0.246 bits per heavy atom. The van der Waals surface area contributed by atoms with Crippen molar-refractivity contribution in [2.45, 2.75) is 39.5 Å². The zero-order valence-electron chi connectivity index (χ0n) is 63.6. The average molecular weight is 1510 g/mol. The zero-order valence-corrected chi connectivity index (χ0v) is 65.6. The highest BCUT2D eigenvalue weighted by atomic mass is 28.3. The van der Waals surface area contributed by atoms with Crippen molar-refractivity contribution in [3.05, 3.63) is 411 Å². The van der Waals surface area contributed by atoms with E-state index in [1.807, 2.05) is 48.5 Å². The summed E-state index contributed by atoms with van der Waals surface area (Å²) in [4.78, 5) is 4.33. The zero-order chi connectivity index (χ0) is 76.8. The summed E-state index contributed by atoms with van der Waals surface area (Å²) in [5.41, 5.74) is 11.7. The van der Waals surface area contributed by atoms with Crippen molar-refractivity contribution in [1.82, 2.24) is 0 Å². The summed E-state index contributed by atoms with van der Waals surface area (Å²) in [6.45, 7) is 9.02. The van der Waals surface area contributed by atoms with E-state index in [9.17, 15) is 0 Å². The van der Waals surface area contributed by atoms with E-state index in [1.54, 1.807) is 12.1 Å². The summed E-state index contributed by atoms with van der Waals surface area (Å²) >= 11 is 0. The number of hydrogen-bond acceptors (Lipinski definition) is 4. The van der Waals surface area contributed by atoms with Gasteiger partial charge in [-0.3, -0.25) is 0 Å². The molecule has 2 heterocycles. The molecule has 4 nitrogen and oxygen atoms in total. The van der Waals surface area contributed by atoms with E-state index >= 15 is 8.78 Å². The number of nitrogens with zero attached hydrogens (tertiary/aromatic N) is 2. The van der Waals surface area contributed by atoms with Crippen molar-refractivity contribution in [1.29, 1.82) is 0 Å². The number of halogens is 2. The molecule has 0 unspecified atom stereocenters. The van der Waals surface area contributed by atoms with Gasteiger partial charge in [0.1, 0.15) is 22.8 Å². The summed E-state index contributed by atoms with van der Waals surface area (Å²) in [6.07, 6.45) is 0. The predicted molar refractivity (Wildman–Crippen MR) is 480 cm³/mol. The molecule has 546 valence electrons. The Bertz CT molecular complexity index is 6410. The summed E-state index contributed by atoms with van der Waals surface area (Å²) in [7, 11) is -6.22. The van der Waals surface area contributed by atoms with Crippen molar-refractivity contribution >= 4 is 168 Å². The minimum atomic E-state index is -3.11. The van der Waals surface area contributed by atoms with Gasteiger partial charge in [-0.2, -0.15) is 0 Å². The number of para-hydroxylation sites is 6. The first kappa shape index (κ1) is 69.7. The van der Waals surface area contributed by atoms with Crippen LogP contribution < -0.4 is 51.3 Å². The Balaban J connectivity index is 0.871. The molecule has 0 radical (unpaired) electrons. The van der Waals surface area contributed by atoms with Gasteiger partial charge in [-0.15, -0.1) is 0 Å². The molecule has 0 amide bonds. The third-order valence-electron chi connectivity index (χ3n) is 23.8. The van der Waals surface area contributed by atoms with Crippen LogP contribution in [-0.2, 0) is 0 Å². The molecule has 0 fully saturated rings. The lowest BCUT2D eigenvalue weighted by atomic mass is 9.83. The molecule has 114 heavy (non-hydrogen) atoms. The monoisotopic (exact) mass is 1500 g/mol. The van der Waals surface area contributed by atoms with Crippen molar-refractivity contribution in [3.63, 3.8) is 0 Å². The number of anilines is 6. The molecule has 18 aromatic carbocycles. The highest BCUT2D eigenvalue weighted by molar-refractivity contribution is 7.20. The maximum atomic E-state index is 19.1. The molecule has 0 atom stereocenters. The van der Waals surface area contributed by atoms with E-state index in [0.29, 0.717) is 45.0 Å². The minimum Gasteiger partial charge on any atom is -0.454 e. The van der Waals surface area contributed by atoms with Crippen molar-refractivity contribution < 1.29 is 17.6 Å². The normalized spacial score (nSPS) is 12.1. The van der Waals surface area contributed by atoms with Crippen molar-refractivity contribution in [3.8, 4) is 22.3 Å². The number of fused-ring (bicyclic) bond motifs is 6. The van der Waals surface area contributed by atoms with Gasteiger partial charge in [-0.1, -0.05) is 367 Å². The lowest BCUT2D eigenvalue weighted by molar-refractivity contribution is 0.628. The summed E-state index contributed by atoms with van der Waals surface area (Å²) < 4.78 is 52.6. The average Bonchev–Trinajstić information content (AvgIpc) is 0.753. The molecule has 8 heteroatoms. The highest BCUT2D eigenvalue weighted by Gasteiger charge is 2.44. The number of rotatable bonds is 18. The highest BCUT2D eigenvalue weighted by Crippen LogP contribution is 2.56. The van der Waals surface area contributed by atoms with Crippen LogP contribution in [0.15, 0.2) is 397 Å². The lowest BCUT2D eigenvalue weighted by Gasteiger charge is -2.35. The van der Waals surface area contributed by atoms with Crippen LogP contribution in [0.2, 0.25) is 0 Å². The molecule has 20 aromatic rings. The maximum Gasteiger partial charge on any atom is 0.179 e. The lowest BCUT2D eigenvalue weighted by Crippen LogP contribution is -2.74. The molecule has 0 saturated heterocycles. The molecule has 0 saturated carbocycles. The first-order valence-corrected chi connectivity index (χ1v) is 43.4. The smallest absolute Gasteiger partial charge is 0.179 e. The summed E-state index contributed by atoms with van der Waals surface area (Å²) in [5.74, 6) is -0.868.